The third-order valence-corrected chi connectivity index (χ3v) is 6.46. The van der Waals surface area contributed by atoms with Gasteiger partial charge in [-0.2, -0.15) is 26.9 Å². The SMILES string of the molecule is Cc1cc2nc(-c3c(OC(F)F)ncnc3C3CC3)nc(OCc3cnc(-c4nc(C(F)(F)F)cn4C)c(F)c3)c2[nH]1. The van der Waals surface area contributed by atoms with E-state index >= 15 is 0 Å². The molecule has 0 radical (unpaired) electrons. The number of aromatic nitrogens is 8. The predicted octanol–water partition coefficient (Wildman–Crippen LogP) is 5.73. The van der Waals surface area contributed by atoms with Crippen molar-refractivity contribution in [2.45, 2.75) is 45.1 Å². The van der Waals surface area contributed by atoms with Crippen LogP contribution in [0.15, 0.2) is 30.9 Å². The Labute approximate surface area is 232 Å². The van der Waals surface area contributed by atoms with Gasteiger partial charge in [-0.3, -0.25) is 0 Å². The number of imidazole rings is 1. The molecule has 0 aromatic carbocycles. The lowest BCUT2D eigenvalue weighted by atomic mass is 10.1. The Hall–Kier alpha value is -4.76. The molecule has 1 aliphatic rings. The molecule has 0 spiro atoms. The van der Waals surface area contributed by atoms with Crippen molar-refractivity contribution in [1.29, 1.82) is 0 Å². The van der Waals surface area contributed by atoms with E-state index in [0.29, 0.717) is 22.4 Å². The van der Waals surface area contributed by atoms with E-state index < -0.39 is 24.3 Å². The molecule has 218 valence electrons. The molecule has 10 nitrogen and oxygen atoms in total. The molecule has 16 heteroatoms. The molecule has 5 heterocycles. The average Bonchev–Trinajstić information content (AvgIpc) is 3.58. The molecular formula is C26H20F6N8O2. The monoisotopic (exact) mass is 590 g/mol. The molecule has 5 aromatic heterocycles. The van der Waals surface area contributed by atoms with Gasteiger partial charge in [-0.1, -0.05) is 0 Å². The minimum absolute atomic E-state index is 0.00422. The minimum atomic E-state index is -4.70. The maximum Gasteiger partial charge on any atom is 0.434 e. The Morgan fingerprint density at radius 3 is 2.52 bits per heavy atom. The molecule has 1 saturated carbocycles. The molecule has 0 saturated heterocycles. The van der Waals surface area contributed by atoms with Crippen molar-refractivity contribution in [2.24, 2.45) is 7.05 Å². The highest BCUT2D eigenvalue weighted by Crippen LogP contribution is 2.45. The number of aryl methyl sites for hydroxylation is 2. The summed E-state index contributed by atoms with van der Waals surface area (Å²) in [5, 5.41) is 0. The van der Waals surface area contributed by atoms with Crippen LogP contribution < -0.4 is 9.47 Å². The molecule has 0 bridgehead atoms. The summed E-state index contributed by atoms with van der Waals surface area (Å²) in [7, 11) is 1.30. The van der Waals surface area contributed by atoms with E-state index in [4.69, 9.17) is 4.74 Å². The van der Waals surface area contributed by atoms with Gasteiger partial charge in [0.2, 0.25) is 11.8 Å². The zero-order chi connectivity index (χ0) is 29.8. The third kappa shape index (κ3) is 5.31. The van der Waals surface area contributed by atoms with Crippen LogP contribution >= 0.6 is 0 Å². The smallest absolute Gasteiger partial charge is 0.434 e. The van der Waals surface area contributed by atoms with Crippen LogP contribution in [0.5, 0.6) is 11.8 Å². The maximum absolute atomic E-state index is 15.0. The molecule has 0 atom stereocenters. The van der Waals surface area contributed by atoms with Crippen LogP contribution in [0.3, 0.4) is 0 Å². The van der Waals surface area contributed by atoms with Gasteiger partial charge in [-0.25, -0.2) is 29.3 Å². The minimum Gasteiger partial charge on any atom is -0.471 e. The van der Waals surface area contributed by atoms with E-state index in [1.165, 1.54) is 13.2 Å². The fraction of sp³-hybridized carbons (Fsp3) is 0.308. The maximum atomic E-state index is 15.0. The van der Waals surface area contributed by atoms with Crippen LogP contribution in [0.1, 0.15) is 41.4 Å². The van der Waals surface area contributed by atoms with Crippen LogP contribution in [0.25, 0.3) is 33.9 Å². The number of nitrogens with one attached hydrogen (secondary N) is 1. The summed E-state index contributed by atoms with van der Waals surface area (Å²) < 4.78 is 92.2. The second-order valence-corrected chi connectivity index (χ2v) is 9.68. The summed E-state index contributed by atoms with van der Waals surface area (Å²) in [6.07, 6.45) is 0.0359. The normalized spacial score (nSPS) is 13.7. The van der Waals surface area contributed by atoms with Gasteiger partial charge in [0.05, 0.1) is 11.2 Å². The summed E-state index contributed by atoms with van der Waals surface area (Å²) in [5.74, 6) is -1.53. The van der Waals surface area contributed by atoms with Crippen LogP contribution in [-0.2, 0) is 19.8 Å². The number of rotatable bonds is 8. The van der Waals surface area contributed by atoms with Crippen molar-refractivity contribution in [1.82, 2.24) is 39.5 Å². The zero-order valence-electron chi connectivity index (χ0n) is 21.9. The predicted molar refractivity (Wildman–Crippen MR) is 134 cm³/mol. The molecule has 5 aromatic rings. The topological polar surface area (TPSA) is 117 Å². The molecule has 1 fully saturated rings. The van der Waals surface area contributed by atoms with Crippen LogP contribution in [0, 0.1) is 12.7 Å². The van der Waals surface area contributed by atoms with E-state index in [2.05, 4.69) is 39.6 Å². The number of hydrogen-bond donors (Lipinski definition) is 1. The van der Waals surface area contributed by atoms with Crippen molar-refractivity contribution in [2.75, 3.05) is 0 Å². The number of H-pyrrole nitrogens is 1. The molecule has 42 heavy (non-hydrogen) atoms. The molecule has 6 rings (SSSR count). The number of nitrogens with zero attached hydrogens (tertiary/aromatic N) is 7. The van der Waals surface area contributed by atoms with Crippen molar-refractivity contribution >= 4 is 11.0 Å². The molecule has 0 unspecified atom stereocenters. The first-order valence-electron chi connectivity index (χ1n) is 12.5. The van der Waals surface area contributed by atoms with Gasteiger partial charge in [0.15, 0.2) is 23.2 Å². The molecule has 1 aliphatic carbocycles. The fourth-order valence-electron chi connectivity index (χ4n) is 4.46. The molecule has 1 N–H and O–H groups in total. The van der Waals surface area contributed by atoms with Crippen molar-refractivity contribution in [3.63, 3.8) is 0 Å². The number of alkyl halides is 5. The summed E-state index contributed by atoms with van der Waals surface area (Å²) in [4.78, 5) is 27.7. The fourth-order valence-corrected chi connectivity index (χ4v) is 4.46. The van der Waals surface area contributed by atoms with E-state index in [-0.39, 0.29) is 52.8 Å². The number of pyridine rings is 1. The van der Waals surface area contributed by atoms with Crippen molar-refractivity contribution in [3.05, 3.63) is 59.3 Å². The number of aromatic amines is 1. The Morgan fingerprint density at radius 1 is 1.07 bits per heavy atom. The number of hydrogen-bond acceptors (Lipinski definition) is 8. The standard InChI is InChI=1S/C26H20F6N8O2/c1-11-5-15-20(36-11)24(39-21(37-15)17-18(13-3-4-13)34-10-35-23(17)42-25(28)29)41-9-12-6-14(27)19(33-7-12)22-38-16(8-40(22)2)26(30,31)32/h5-8,10,13,25,36H,3-4,9H2,1-2H3. The van der Waals surface area contributed by atoms with Gasteiger partial charge in [0, 0.05) is 36.6 Å². The average molecular weight is 590 g/mol. The summed E-state index contributed by atoms with van der Waals surface area (Å²) in [6.45, 7) is -1.61. The highest BCUT2D eigenvalue weighted by Gasteiger charge is 2.35. The number of fused-ring (bicyclic) bond motifs is 1. The second-order valence-electron chi connectivity index (χ2n) is 9.68. The number of halogens is 6. The molecular weight excluding hydrogens is 570 g/mol. The van der Waals surface area contributed by atoms with Gasteiger partial charge in [0.25, 0.3) is 0 Å². The highest BCUT2D eigenvalue weighted by molar-refractivity contribution is 5.83. The van der Waals surface area contributed by atoms with Crippen molar-refractivity contribution in [3.8, 4) is 34.7 Å². The van der Waals surface area contributed by atoms with Crippen LogP contribution in [-0.4, -0.2) is 46.1 Å². The van der Waals surface area contributed by atoms with Crippen LogP contribution in [0.4, 0.5) is 26.3 Å². The Balaban J connectivity index is 1.34. The van der Waals surface area contributed by atoms with E-state index in [0.717, 1.165) is 36.0 Å². The first-order valence-corrected chi connectivity index (χ1v) is 12.5. The summed E-state index contributed by atoms with van der Waals surface area (Å²) >= 11 is 0. The van der Waals surface area contributed by atoms with Gasteiger partial charge in [-0.15, -0.1) is 0 Å². The molecule has 0 aliphatic heterocycles. The second kappa shape index (κ2) is 10.3. The van der Waals surface area contributed by atoms with E-state index in [1.807, 2.05) is 0 Å². The Kier molecular flexibility index (Phi) is 6.69. The largest absolute Gasteiger partial charge is 0.471 e. The zero-order valence-corrected chi connectivity index (χ0v) is 21.9. The summed E-state index contributed by atoms with van der Waals surface area (Å²) in [6, 6.07) is 2.77. The van der Waals surface area contributed by atoms with Gasteiger partial charge in [-0.05, 0) is 31.9 Å². The quantitative estimate of drug-likeness (QED) is 0.228. The Morgan fingerprint density at radius 2 is 1.86 bits per heavy atom. The van der Waals surface area contributed by atoms with E-state index in [1.54, 1.807) is 13.0 Å². The third-order valence-electron chi connectivity index (χ3n) is 6.46. The van der Waals surface area contributed by atoms with Crippen molar-refractivity contribution < 1.29 is 35.8 Å². The Bertz CT molecular complexity index is 1800. The van der Waals surface area contributed by atoms with E-state index in [9.17, 15) is 26.3 Å². The first-order chi connectivity index (χ1) is 20.0. The van der Waals surface area contributed by atoms with Gasteiger partial charge >= 0.3 is 12.8 Å². The highest BCUT2D eigenvalue weighted by atomic mass is 19.4. The van der Waals surface area contributed by atoms with Gasteiger partial charge in [0.1, 0.15) is 29.7 Å². The lowest BCUT2D eigenvalue weighted by Crippen LogP contribution is -2.09. The van der Waals surface area contributed by atoms with Crippen LogP contribution in [0.2, 0.25) is 0 Å². The lowest BCUT2D eigenvalue weighted by Gasteiger charge is -2.14. The summed E-state index contributed by atoms with van der Waals surface area (Å²) in [5.41, 5.74) is 0.815. The lowest BCUT2D eigenvalue weighted by molar-refractivity contribution is -0.140. The van der Waals surface area contributed by atoms with Gasteiger partial charge < -0.3 is 19.0 Å². The first kappa shape index (κ1) is 27.4. The molecule has 0 amide bonds. The number of ether oxygens (including phenoxy) is 2.